The Morgan fingerprint density at radius 2 is 1.72 bits per heavy atom. The first-order valence-electron chi connectivity index (χ1n) is 8.69. The van der Waals surface area contributed by atoms with Crippen molar-refractivity contribution >= 4 is 11.6 Å². The molecule has 0 bridgehead atoms. The number of alkyl halides is 3. The van der Waals surface area contributed by atoms with E-state index in [2.05, 4.69) is 15.3 Å². The predicted octanol–water partition coefficient (Wildman–Crippen LogP) is 4.97. The topological polar surface area (TPSA) is 87.6 Å². The van der Waals surface area contributed by atoms with Crippen LogP contribution in [0.2, 0.25) is 0 Å². The third kappa shape index (κ3) is 4.70. The fraction of sp³-hybridized carbons (Fsp3) is 0.190. The summed E-state index contributed by atoms with van der Waals surface area (Å²) in [5.74, 6) is 0.0848. The van der Waals surface area contributed by atoms with Crippen LogP contribution < -0.4 is 11.1 Å². The van der Waals surface area contributed by atoms with Crippen LogP contribution in [0.15, 0.2) is 54.7 Å². The molecule has 0 saturated heterocycles. The molecule has 1 aromatic heterocycles. The smallest absolute Gasteiger partial charge is 0.324 e. The summed E-state index contributed by atoms with van der Waals surface area (Å²) in [4.78, 5) is 8.37. The van der Waals surface area contributed by atoms with Gasteiger partial charge in [0.25, 0.3) is 0 Å². The van der Waals surface area contributed by atoms with Crippen LogP contribution >= 0.6 is 0 Å². The summed E-state index contributed by atoms with van der Waals surface area (Å²) in [7, 11) is 0. The molecule has 0 amide bonds. The zero-order valence-corrected chi connectivity index (χ0v) is 15.7. The van der Waals surface area contributed by atoms with Crippen molar-refractivity contribution < 1.29 is 13.2 Å². The van der Waals surface area contributed by atoms with Crippen LogP contribution in [0.1, 0.15) is 30.5 Å². The van der Waals surface area contributed by atoms with Crippen molar-refractivity contribution in [1.82, 2.24) is 9.97 Å². The lowest BCUT2D eigenvalue weighted by atomic mass is 9.94. The highest BCUT2D eigenvalue weighted by Gasteiger charge is 2.30. The molecular formula is C21H18F3N5. The van der Waals surface area contributed by atoms with Crippen LogP contribution in [0.4, 0.5) is 24.8 Å². The minimum atomic E-state index is -4.45. The van der Waals surface area contributed by atoms with Crippen molar-refractivity contribution in [3.63, 3.8) is 0 Å². The number of nitriles is 1. The minimum Gasteiger partial charge on any atom is -0.324 e. The van der Waals surface area contributed by atoms with Gasteiger partial charge in [0.15, 0.2) is 0 Å². The van der Waals surface area contributed by atoms with Crippen LogP contribution in [-0.2, 0) is 11.7 Å². The van der Waals surface area contributed by atoms with E-state index in [4.69, 9.17) is 5.73 Å². The van der Waals surface area contributed by atoms with Gasteiger partial charge in [-0.05, 0) is 37.6 Å². The maximum Gasteiger partial charge on any atom is 0.416 e. The van der Waals surface area contributed by atoms with Crippen LogP contribution in [0.3, 0.4) is 0 Å². The van der Waals surface area contributed by atoms with Gasteiger partial charge in [-0.2, -0.15) is 18.4 Å². The van der Waals surface area contributed by atoms with Crippen LogP contribution in [0.5, 0.6) is 0 Å². The van der Waals surface area contributed by atoms with Crippen LogP contribution in [0.25, 0.3) is 11.3 Å². The Morgan fingerprint density at radius 1 is 1.03 bits per heavy atom. The van der Waals surface area contributed by atoms with E-state index in [0.29, 0.717) is 11.3 Å². The number of nitrogens with zero attached hydrogens (tertiary/aromatic N) is 3. The Bertz CT molecular complexity index is 1060. The zero-order chi connectivity index (χ0) is 21.2. The number of halogens is 3. The maximum absolute atomic E-state index is 12.9. The first-order chi connectivity index (χ1) is 13.6. The van der Waals surface area contributed by atoms with E-state index in [1.54, 1.807) is 12.1 Å². The zero-order valence-electron chi connectivity index (χ0n) is 15.7. The van der Waals surface area contributed by atoms with Crippen molar-refractivity contribution in [2.24, 2.45) is 5.73 Å². The van der Waals surface area contributed by atoms with Gasteiger partial charge in [-0.15, -0.1) is 0 Å². The minimum absolute atomic E-state index is 0.0848. The maximum atomic E-state index is 12.9. The van der Waals surface area contributed by atoms with E-state index >= 15 is 0 Å². The molecule has 3 aromatic rings. The molecule has 0 unspecified atom stereocenters. The number of anilines is 2. The molecule has 2 aromatic carbocycles. The molecule has 0 radical (unpaired) electrons. The number of benzene rings is 2. The van der Waals surface area contributed by atoms with Gasteiger partial charge >= 0.3 is 6.18 Å². The van der Waals surface area contributed by atoms with Gasteiger partial charge < -0.3 is 11.1 Å². The monoisotopic (exact) mass is 397 g/mol. The summed E-state index contributed by atoms with van der Waals surface area (Å²) in [6.45, 7) is 3.76. The third-order valence-corrected chi connectivity index (χ3v) is 4.26. The Hall–Kier alpha value is -3.44. The Morgan fingerprint density at radius 3 is 2.31 bits per heavy atom. The van der Waals surface area contributed by atoms with Crippen LogP contribution in [0, 0.1) is 11.3 Å². The predicted molar refractivity (Wildman–Crippen MR) is 104 cm³/mol. The van der Waals surface area contributed by atoms with E-state index < -0.39 is 17.3 Å². The molecule has 29 heavy (non-hydrogen) atoms. The Labute approximate surface area is 166 Å². The van der Waals surface area contributed by atoms with Crippen molar-refractivity contribution in [3.05, 3.63) is 71.4 Å². The summed E-state index contributed by atoms with van der Waals surface area (Å²) >= 11 is 0. The number of aromatic nitrogens is 2. The highest BCUT2D eigenvalue weighted by molar-refractivity contribution is 5.68. The molecule has 148 valence electrons. The van der Waals surface area contributed by atoms with Gasteiger partial charge in [0.2, 0.25) is 5.95 Å². The number of nitrogens with two attached hydrogens (primary N) is 1. The first kappa shape index (κ1) is 20.3. The number of hydrogen-bond donors (Lipinski definition) is 2. The highest BCUT2D eigenvalue weighted by Crippen LogP contribution is 2.31. The molecule has 0 saturated carbocycles. The second-order valence-corrected chi connectivity index (χ2v) is 7.07. The summed E-state index contributed by atoms with van der Waals surface area (Å²) < 4.78 is 38.7. The van der Waals surface area contributed by atoms with E-state index in [1.807, 2.05) is 32.0 Å². The molecule has 0 spiro atoms. The molecule has 5 nitrogen and oxygen atoms in total. The SMILES string of the molecule is CC(C)(N)c1ccc(-c2nc(Nc3cccc(C(F)(F)F)c3)ncc2C#N)cc1. The third-order valence-electron chi connectivity index (χ3n) is 4.26. The van der Waals surface area contributed by atoms with Crippen molar-refractivity contribution in [2.75, 3.05) is 5.32 Å². The molecule has 3 rings (SSSR count). The summed E-state index contributed by atoms with van der Waals surface area (Å²) in [5, 5.41) is 12.1. The van der Waals surface area contributed by atoms with Gasteiger partial charge in [0, 0.05) is 16.8 Å². The largest absolute Gasteiger partial charge is 0.416 e. The number of nitrogens with one attached hydrogen (secondary N) is 1. The van der Waals surface area contributed by atoms with E-state index in [1.165, 1.54) is 18.3 Å². The fourth-order valence-corrected chi connectivity index (χ4v) is 2.70. The molecule has 0 aliphatic heterocycles. The van der Waals surface area contributed by atoms with Gasteiger partial charge in [-0.1, -0.05) is 30.3 Å². The van der Waals surface area contributed by atoms with Gasteiger partial charge in [0.05, 0.1) is 23.0 Å². The average Bonchev–Trinajstić information content (AvgIpc) is 2.67. The normalized spacial score (nSPS) is 11.8. The molecule has 8 heteroatoms. The second kappa shape index (κ2) is 7.53. The quantitative estimate of drug-likeness (QED) is 0.649. The lowest BCUT2D eigenvalue weighted by Gasteiger charge is -2.19. The van der Waals surface area contributed by atoms with Crippen molar-refractivity contribution in [1.29, 1.82) is 5.26 Å². The lowest BCUT2D eigenvalue weighted by molar-refractivity contribution is -0.137. The lowest BCUT2D eigenvalue weighted by Crippen LogP contribution is -2.28. The summed E-state index contributed by atoms with van der Waals surface area (Å²) in [5.41, 5.74) is 7.19. The fourth-order valence-electron chi connectivity index (χ4n) is 2.70. The number of rotatable bonds is 4. The average molecular weight is 397 g/mol. The number of hydrogen-bond acceptors (Lipinski definition) is 5. The van der Waals surface area contributed by atoms with E-state index in [-0.39, 0.29) is 17.2 Å². The molecule has 0 aliphatic rings. The van der Waals surface area contributed by atoms with Gasteiger partial charge in [0.1, 0.15) is 6.07 Å². The molecule has 0 atom stereocenters. The standard InChI is InChI=1S/C21H18F3N5/c1-20(2,26)15-8-6-13(7-9-15)18-14(11-25)12-27-19(29-18)28-17-5-3-4-16(10-17)21(22,23)24/h3-10,12H,26H2,1-2H3,(H,27,28,29). The van der Waals surface area contributed by atoms with Gasteiger partial charge in [-0.25, -0.2) is 9.97 Å². The Balaban J connectivity index is 1.95. The molecule has 0 fully saturated rings. The summed E-state index contributed by atoms with van der Waals surface area (Å²) in [6.07, 6.45) is -3.12. The summed E-state index contributed by atoms with van der Waals surface area (Å²) in [6, 6.07) is 14.0. The first-order valence-corrected chi connectivity index (χ1v) is 8.69. The molecule has 1 heterocycles. The molecule has 0 aliphatic carbocycles. The Kier molecular flexibility index (Phi) is 5.27. The van der Waals surface area contributed by atoms with Gasteiger partial charge in [-0.3, -0.25) is 0 Å². The highest BCUT2D eigenvalue weighted by atomic mass is 19.4. The molecule has 3 N–H and O–H groups in total. The van der Waals surface area contributed by atoms with Crippen molar-refractivity contribution in [3.8, 4) is 17.3 Å². The van der Waals surface area contributed by atoms with E-state index in [9.17, 15) is 18.4 Å². The van der Waals surface area contributed by atoms with E-state index in [0.717, 1.165) is 17.7 Å². The van der Waals surface area contributed by atoms with Crippen molar-refractivity contribution in [2.45, 2.75) is 25.6 Å². The van der Waals surface area contributed by atoms with Crippen LogP contribution in [-0.4, -0.2) is 9.97 Å². The second-order valence-electron chi connectivity index (χ2n) is 7.07. The molecular weight excluding hydrogens is 379 g/mol.